The van der Waals surface area contributed by atoms with E-state index in [-0.39, 0.29) is 5.56 Å². The molecule has 0 spiro atoms. The number of rotatable bonds is 4. The highest BCUT2D eigenvalue weighted by Gasteiger charge is 2.20. The first kappa shape index (κ1) is 14.9. The molecule has 0 saturated heterocycles. The lowest BCUT2D eigenvalue weighted by molar-refractivity contribution is 0.486. The predicted octanol–water partition coefficient (Wildman–Crippen LogP) is 3.16. The third-order valence-corrected chi connectivity index (χ3v) is 3.73. The molecule has 0 bridgehead atoms. The third-order valence-electron chi connectivity index (χ3n) is 3.30. The number of hydrogen-bond acceptors (Lipinski definition) is 2. The normalized spacial score (nSPS) is 12.7. The summed E-state index contributed by atoms with van der Waals surface area (Å²) in [7, 11) is 1.76. The molecule has 0 saturated carbocycles. The summed E-state index contributed by atoms with van der Waals surface area (Å²) in [4.78, 5) is 0. The molecule has 2 N–H and O–H groups in total. The summed E-state index contributed by atoms with van der Waals surface area (Å²) in [5, 5.41) is 4.82. The fourth-order valence-electron chi connectivity index (χ4n) is 2.17. The van der Waals surface area contributed by atoms with Crippen molar-refractivity contribution in [1.82, 2.24) is 9.78 Å². The number of aromatic nitrogens is 2. The zero-order chi connectivity index (χ0) is 14.9. The van der Waals surface area contributed by atoms with Crippen LogP contribution < -0.4 is 5.73 Å². The van der Waals surface area contributed by atoms with Crippen molar-refractivity contribution in [3.05, 3.63) is 51.8 Å². The summed E-state index contributed by atoms with van der Waals surface area (Å²) in [6.45, 7) is 1.95. The quantitative estimate of drug-likeness (QED) is 0.942. The van der Waals surface area contributed by atoms with Crippen LogP contribution in [0.4, 0.5) is 8.78 Å². The predicted molar refractivity (Wildman–Crippen MR) is 74.6 cm³/mol. The Morgan fingerprint density at radius 1 is 1.40 bits per heavy atom. The van der Waals surface area contributed by atoms with Crippen LogP contribution in [0.2, 0.25) is 5.02 Å². The number of nitrogens with zero attached hydrogens (tertiary/aromatic N) is 2. The first-order valence-corrected chi connectivity index (χ1v) is 6.73. The minimum absolute atomic E-state index is 0.139. The van der Waals surface area contributed by atoms with E-state index < -0.39 is 17.7 Å². The van der Waals surface area contributed by atoms with Crippen molar-refractivity contribution in [2.75, 3.05) is 0 Å². The lowest BCUT2D eigenvalue weighted by Crippen LogP contribution is -2.17. The standard InChI is InChI=1S/C14H16ClF2N3/c1-3-11-13(15)12(20(2)19-11)7-10(18)8-5-4-6-9(16)14(8)17/h4-6,10H,3,7,18H2,1-2H3. The summed E-state index contributed by atoms with van der Waals surface area (Å²) < 4.78 is 28.6. The SMILES string of the molecule is CCc1nn(C)c(CC(N)c2cccc(F)c2F)c1Cl. The molecule has 0 fully saturated rings. The van der Waals surface area contributed by atoms with Crippen LogP contribution in [0.25, 0.3) is 0 Å². The van der Waals surface area contributed by atoms with E-state index in [4.69, 9.17) is 17.3 Å². The molecule has 0 aliphatic carbocycles. The van der Waals surface area contributed by atoms with Gasteiger partial charge in [-0.25, -0.2) is 8.78 Å². The maximum Gasteiger partial charge on any atom is 0.163 e. The summed E-state index contributed by atoms with van der Waals surface area (Å²) >= 11 is 6.23. The molecule has 108 valence electrons. The molecule has 2 rings (SSSR count). The molecule has 2 aromatic rings. The van der Waals surface area contributed by atoms with Crippen LogP contribution in [-0.4, -0.2) is 9.78 Å². The molecule has 20 heavy (non-hydrogen) atoms. The van der Waals surface area contributed by atoms with Gasteiger partial charge in [0.05, 0.1) is 16.4 Å². The van der Waals surface area contributed by atoms with Gasteiger partial charge in [0.2, 0.25) is 0 Å². The Balaban J connectivity index is 2.30. The minimum atomic E-state index is -0.908. The van der Waals surface area contributed by atoms with Gasteiger partial charge < -0.3 is 5.73 Å². The molecule has 0 radical (unpaired) electrons. The Morgan fingerprint density at radius 2 is 2.10 bits per heavy atom. The molecule has 1 unspecified atom stereocenters. The van der Waals surface area contributed by atoms with Crippen molar-refractivity contribution in [3.8, 4) is 0 Å². The molecule has 1 heterocycles. The summed E-state index contributed by atoms with van der Waals surface area (Å²) in [5.74, 6) is -1.81. The van der Waals surface area contributed by atoms with Crippen LogP contribution in [0.15, 0.2) is 18.2 Å². The molecule has 1 aromatic heterocycles. The molecule has 0 amide bonds. The zero-order valence-corrected chi connectivity index (χ0v) is 12.1. The Bertz CT molecular complexity index is 625. The molecule has 1 aromatic carbocycles. The topological polar surface area (TPSA) is 43.8 Å². The van der Waals surface area contributed by atoms with Crippen LogP contribution in [0, 0.1) is 11.6 Å². The lowest BCUT2D eigenvalue weighted by atomic mass is 10.0. The smallest absolute Gasteiger partial charge is 0.163 e. The van der Waals surface area contributed by atoms with Crippen molar-refractivity contribution in [1.29, 1.82) is 0 Å². The van der Waals surface area contributed by atoms with Gasteiger partial charge in [-0.2, -0.15) is 5.10 Å². The van der Waals surface area contributed by atoms with Crippen molar-refractivity contribution in [2.24, 2.45) is 12.8 Å². The van der Waals surface area contributed by atoms with Gasteiger partial charge in [0.15, 0.2) is 11.6 Å². The number of nitrogens with two attached hydrogens (primary N) is 1. The Hall–Kier alpha value is -1.46. The highest BCUT2D eigenvalue weighted by atomic mass is 35.5. The maximum absolute atomic E-state index is 13.7. The van der Waals surface area contributed by atoms with E-state index in [0.29, 0.717) is 17.9 Å². The number of benzene rings is 1. The summed E-state index contributed by atoms with van der Waals surface area (Å²) in [6, 6.07) is 3.31. The lowest BCUT2D eigenvalue weighted by Gasteiger charge is -2.13. The van der Waals surface area contributed by atoms with Crippen molar-refractivity contribution < 1.29 is 8.78 Å². The fraction of sp³-hybridized carbons (Fsp3) is 0.357. The van der Waals surface area contributed by atoms with Crippen LogP contribution >= 0.6 is 11.6 Å². The molecule has 0 aliphatic rings. The maximum atomic E-state index is 13.7. The molecule has 3 nitrogen and oxygen atoms in total. The van der Waals surface area contributed by atoms with E-state index in [1.807, 2.05) is 6.92 Å². The Morgan fingerprint density at radius 3 is 2.70 bits per heavy atom. The van der Waals surface area contributed by atoms with Gasteiger partial charge in [-0.05, 0) is 12.5 Å². The molecule has 6 heteroatoms. The van der Waals surface area contributed by atoms with Gasteiger partial charge in [-0.15, -0.1) is 0 Å². The van der Waals surface area contributed by atoms with E-state index in [9.17, 15) is 8.78 Å². The van der Waals surface area contributed by atoms with E-state index in [1.165, 1.54) is 12.1 Å². The van der Waals surface area contributed by atoms with E-state index in [0.717, 1.165) is 17.5 Å². The average molecular weight is 300 g/mol. The first-order chi connectivity index (χ1) is 9.45. The van der Waals surface area contributed by atoms with Gasteiger partial charge in [0.25, 0.3) is 0 Å². The van der Waals surface area contributed by atoms with E-state index in [2.05, 4.69) is 5.10 Å². The third kappa shape index (κ3) is 2.69. The molecule has 1 atom stereocenters. The number of halogens is 3. The fourth-order valence-corrected chi connectivity index (χ4v) is 2.54. The van der Waals surface area contributed by atoms with Gasteiger partial charge in [0, 0.05) is 25.1 Å². The van der Waals surface area contributed by atoms with Crippen molar-refractivity contribution >= 4 is 11.6 Å². The largest absolute Gasteiger partial charge is 0.324 e. The highest BCUT2D eigenvalue weighted by Crippen LogP contribution is 2.26. The number of aryl methyl sites for hydroxylation is 2. The molecular weight excluding hydrogens is 284 g/mol. The Labute approximate surface area is 121 Å². The van der Waals surface area contributed by atoms with Crippen molar-refractivity contribution in [3.63, 3.8) is 0 Å². The van der Waals surface area contributed by atoms with Gasteiger partial charge >= 0.3 is 0 Å². The Kier molecular flexibility index (Phi) is 4.40. The number of hydrogen-bond donors (Lipinski definition) is 1. The van der Waals surface area contributed by atoms with Crippen LogP contribution in [0.3, 0.4) is 0 Å². The van der Waals surface area contributed by atoms with Gasteiger partial charge in [0.1, 0.15) is 0 Å². The monoisotopic (exact) mass is 299 g/mol. The first-order valence-electron chi connectivity index (χ1n) is 6.35. The summed E-state index contributed by atoms with van der Waals surface area (Å²) in [6.07, 6.45) is 0.999. The molecular formula is C14H16ClF2N3. The second-order valence-corrected chi connectivity index (χ2v) is 5.02. The molecule has 0 aliphatic heterocycles. The van der Waals surface area contributed by atoms with Crippen LogP contribution in [0.1, 0.15) is 29.9 Å². The minimum Gasteiger partial charge on any atom is -0.324 e. The van der Waals surface area contributed by atoms with E-state index >= 15 is 0 Å². The van der Waals surface area contributed by atoms with E-state index in [1.54, 1.807) is 11.7 Å². The zero-order valence-electron chi connectivity index (χ0n) is 11.3. The van der Waals surface area contributed by atoms with Crippen molar-refractivity contribution in [2.45, 2.75) is 25.8 Å². The second-order valence-electron chi connectivity index (χ2n) is 4.64. The second kappa shape index (κ2) is 5.89. The van der Waals surface area contributed by atoms with Gasteiger partial charge in [-0.1, -0.05) is 30.7 Å². The summed E-state index contributed by atoms with van der Waals surface area (Å²) in [5.41, 5.74) is 7.61. The van der Waals surface area contributed by atoms with Gasteiger partial charge in [-0.3, -0.25) is 4.68 Å². The average Bonchev–Trinajstić information content (AvgIpc) is 2.69. The van der Waals surface area contributed by atoms with Crippen LogP contribution in [-0.2, 0) is 19.9 Å². The van der Waals surface area contributed by atoms with Crippen LogP contribution in [0.5, 0.6) is 0 Å². The highest BCUT2D eigenvalue weighted by molar-refractivity contribution is 6.31.